The summed E-state index contributed by atoms with van der Waals surface area (Å²) in [7, 11) is 3.06. The van der Waals surface area contributed by atoms with Crippen LogP contribution >= 0.6 is 8.24 Å². The summed E-state index contributed by atoms with van der Waals surface area (Å²) in [5.41, 5.74) is 8.24. The maximum Gasteiger partial charge on any atom is 0.390 e. The third-order valence-electron chi connectivity index (χ3n) is 8.86. The molecule has 0 saturated carbocycles. The van der Waals surface area contributed by atoms with Crippen molar-refractivity contribution in [3.63, 3.8) is 0 Å². The van der Waals surface area contributed by atoms with Crippen LogP contribution < -0.4 is 9.26 Å². The molecule has 0 bridgehead atoms. The Bertz CT molecular complexity index is 1830. The maximum atomic E-state index is 7.22. The fraction of sp³-hybridized carbons (Fsp3) is 0.436. The third kappa shape index (κ3) is 6.28. The molecular weight excluding hydrogens is 595 g/mol. The van der Waals surface area contributed by atoms with Crippen LogP contribution in [0.5, 0.6) is 5.75 Å². The number of rotatable bonds is 6. The van der Waals surface area contributed by atoms with Gasteiger partial charge in [-0.1, -0.05) is 59.7 Å². The maximum absolute atomic E-state index is 7.22. The predicted molar refractivity (Wildman–Crippen MR) is 189 cm³/mol. The number of benzene rings is 3. The van der Waals surface area contributed by atoms with Crippen molar-refractivity contribution in [1.29, 1.82) is 0 Å². The molecule has 1 aliphatic carbocycles. The van der Waals surface area contributed by atoms with E-state index in [1.165, 1.54) is 0 Å². The van der Waals surface area contributed by atoms with E-state index < -0.39 is 14.0 Å². The lowest BCUT2D eigenvalue weighted by atomic mass is 9.69. The third-order valence-corrected chi connectivity index (χ3v) is 9.95. The molecule has 1 heterocycles. The Kier molecular flexibility index (Phi) is 9.07. The average Bonchev–Trinajstić information content (AvgIpc) is 3.12. The highest BCUT2D eigenvalue weighted by Crippen LogP contribution is 2.53. The van der Waals surface area contributed by atoms with Gasteiger partial charge >= 0.3 is 8.24 Å². The van der Waals surface area contributed by atoms with E-state index >= 15 is 0 Å². The molecule has 46 heavy (non-hydrogen) atoms. The summed E-state index contributed by atoms with van der Waals surface area (Å²) in [6, 6.07) is 14.9. The first-order chi connectivity index (χ1) is 21.5. The van der Waals surface area contributed by atoms with Crippen LogP contribution in [0.25, 0.3) is 27.5 Å². The molecule has 0 saturated heterocycles. The number of aryl methyl sites for hydroxylation is 4. The fourth-order valence-electron chi connectivity index (χ4n) is 6.52. The molecule has 4 aromatic rings. The van der Waals surface area contributed by atoms with Crippen molar-refractivity contribution in [2.45, 2.75) is 80.4 Å². The van der Waals surface area contributed by atoms with Crippen molar-refractivity contribution in [3.8, 4) is 5.75 Å². The van der Waals surface area contributed by atoms with Crippen LogP contribution in [-0.4, -0.2) is 27.1 Å². The normalized spacial score (nSPS) is 18.8. The van der Waals surface area contributed by atoms with Gasteiger partial charge in [-0.25, -0.2) is 4.52 Å². The molecule has 0 amide bonds. The van der Waals surface area contributed by atoms with Gasteiger partial charge in [0.15, 0.2) is 0 Å². The van der Waals surface area contributed by atoms with Gasteiger partial charge in [-0.3, -0.25) is 0 Å². The van der Waals surface area contributed by atoms with Crippen molar-refractivity contribution >= 4 is 35.8 Å². The molecule has 0 N–H and O–H groups in total. The van der Waals surface area contributed by atoms with Crippen LogP contribution in [0.2, 0.25) is 0 Å². The molecule has 5 rings (SSSR count). The summed E-state index contributed by atoms with van der Waals surface area (Å²) in [6.45, 7) is 21.5. The molecule has 246 valence electrons. The summed E-state index contributed by atoms with van der Waals surface area (Å²) < 4.78 is 39.2. The summed E-state index contributed by atoms with van der Waals surface area (Å²) >= 11 is 0. The molecule has 2 atom stereocenters. The Hall–Kier alpha value is -3.44. The minimum atomic E-state index is -2.02. The van der Waals surface area contributed by atoms with Gasteiger partial charge in [0, 0.05) is 29.4 Å². The van der Waals surface area contributed by atoms with Crippen molar-refractivity contribution in [2.24, 2.45) is 11.3 Å². The topological polar surface area (TPSA) is 63.2 Å². The lowest BCUT2D eigenvalue weighted by Gasteiger charge is -2.46. The molecule has 1 aliphatic rings. The SMILES string of the molecule is COC1=CC(C(C)(C)C)C(OC)(Op2oc3c(C)cc(C)cc3c3cc(C)cc(C)c3o2)C(c2cc(OC)cc(C(C)(C)C)c2)=C1. The molecule has 3 aromatic carbocycles. The Morgan fingerprint density at radius 2 is 1.28 bits per heavy atom. The lowest BCUT2D eigenvalue weighted by molar-refractivity contribution is -0.144. The molecule has 1 aromatic heterocycles. The van der Waals surface area contributed by atoms with E-state index in [0.29, 0.717) is 0 Å². The Labute approximate surface area is 275 Å². The van der Waals surface area contributed by atoms with Gasteiger partial charge in [-0.15, -0.1) is 0 Å². The fourth-order valence-corrected chi connectivity index (χ4v) is 7.92. The van der Waals surface area contributed by atoms with E-state index in [-0.39, 0.29) is 16.7 Å². The number of fused-ring (bicyclic) bond motifs is 3. The number of ether oxygens (including phenoxy) is 3. The number of methoxy groups -OCH3 is 3. The lowest BCUT2D eigenvalue weighted by Crippen LogP contribution is -2.51. The number of hydrogen-bond acceptors (Lipinski definition) is 6. The van der Waals surface area contributed by atoms with E-state index in [1.54, 1.807) is 21.3 Å². The van der Waals surface area contributed by atoms with Crippen molar-refractivity contribution in [3.05, 3.63) is 93.8 Å². The average molecular weight is 645 g/mol. The minimum absolute atomic E-state index is 0.130. The smallest absolute Gasteiger partial charge is 0.390 e. The zero-order valence-electron chi connectivity index (χ0n) is 29.7. The monoisotopic (exact) mass is 644 g/mol. The Morgan fingerprint density at radius 1 is 0.717 bits per heavy atom. The number of hydrogen-bond donors (Lipinski definition) is 0. The quantitative estimate of drug-likeness (QED) is 0.195. The second-order valence-electron chi connectivity index (χ2n) is 14.7. The van der Waals surface area contributed by atoms with Crippen molar-refractivity contribution < 1.29 is 27.1 Å². The Morgan fingerprint density at radius 3 is 1.74 bits per heavy atom. The highest BCUT2D eigenvalue weighted by molar-refractivity contribution is 7.32. The second-order valence-corrected chi connectivity index (χ2v) is 15.7. The Balaban J connectivity index is 1.87. The molecule has 2 unspecified atom stereocenters. The zero-order chi connectivity index (χ0) is 33.8. The van der Waals surface area contributed by atoms with Gasteiger partial charge in [-0.2, -0.15) is 0 Å². The first kappa shape index (κ1) is 33.9. The van der Waals surface area contributed by atoms with Crippen LogP contribution in [0.15, 0.2) is 68.8 Å². The van der Waals surface area contributed by atoms with Gasteiger partial charge in [0.25, 0.3) is 0 Å². The van der Waals surface area contributed by atoms with Gasteiger partial charge in [-0.05, 0) is 108 Å². The van der Waals surface area contributed by atoms with Crippen molar-refractivity contribution in [2.75, 3.05) is 21.3 Å². The van der Waals surface area contributed by atoms with E-state index in [2.05, 4.69) is 112 Å². The van der Waals surface area contributed by atoms with Gasteiger partial charge in [0.1, 0.15) is 22.7 Å². The molecular formula is C39H49O6P. The molecule has 0 aliphatic heterocycles. The summed E-state index contributed by atoms with van der Waals surface area (Å²) in [5.74, 6) is -0.119. The molecule has 0 radical (unpaired) electrons. The molecule has 0 spiro atoms. The second kappa shape index (κ2) is 12.3. The first-order valence-corrected chi connectivity index (χ1v) is 16.9. The van der Waals surface area contributed by atoms with E-state index in [9.17, 15) is 0 Å². The molecule has 7 heteroatoms. The van der Waals surface area contributed by atoms with Gasteiger partial charge < -0.3 is 22.6 Å². The van der Waals surface area contributed by atoms with Crippen LogP contribution in [-0.2, 0) is 14.9 Å². The standard InChI is InChI=1S/C39H49O6P/c1-23-14-25(3)35-31(16-23)32-17-24(2)15-26(4)36(32)44-46(43-35)45-39(42-13)33(21-30(41-12)22-34(39)38(8,9)10)27-18-28(37(5,6)7)20-29(19-27)40-11/h14-22,34H,1-13H3. The molecule has 6 nitrogen and oxygen atoms in total. The highest BCUT2D eigenvalue weighted by Gasteiger charge is 2.53. The predicted octanol–water partition coefficient (Wildman–Crippen LogP) is 10.9. The highest BCUT2D eigenvalue weighted by atomic mass is 31.1. The summed E-state index contributed by atoms with van der Waals surface area (Å²) in [6.07, 6.45) is 4.10. The zero-order valence-corrected chi connectivity index (χ0v) is 30.6. The van der Waals surface area contributed by atoms with E-state index in [1.807, 2.05) is 12.1 Å². The van der Waals surface area contributed by atoms with Crippen LogP contribution in [0, 0.1) is 39.0 Å². The minimum Gasteiger partial charge on any atom is -0.497 e. The van der Waals surface area contributed by atoms with E-state index in [0.717, 1.165) is 72.4 Å². The van der Waals surface area contributed by atoms with E-state index in [4.69, 9.17) is 27.1 Å². The summed E-state index contributed by atoms with van der Waals surface area (Å²) in [4.78, 5) is 0. The molecule has 0 fully saturated rings. The largest absolute Gasteiger partial charge is 0.497 e. The summed E-state index contributed by atoms with van der Waals surface area (Å²) in [5, 5.41) is 1.99. The first-order valence-electron chi connectivity index (χ1n) is 15.8. The van der Waals surface area contributed by atoms with Crippen LogP contribution in [0.4, 0.5) is 0 Å². The number of allylic oxidation sites excluding steroid dienone is 1. The van der Waals surface area contributed by atoms with Crippen LogP contribution in [0.1, 0.15) is 74.9 Å². The van der Waals surface area contributed by atoms with Crippen LogP contribution in [0.3, 0.4) is 0 Å². The van der Waals surface area contributed by atoms with Gasteiger partial charge in [0.05, 0.1) is 14.2 Å². The van der Waals surface area contributed by atoms with Gasteiger partial charge in [0.2, 0.25) is 5.79 Å². The van der Waals surface area contributed by atoms with Crippen molar-refractivity contribution in [1.82, 2.24) is 0 Å².